The summed E-state index contributed by atoms with van der Waals surface area (Å²) in [7, 11) is 0. The van der Waals surface area contributed by atoms with Gasteiger partial charge in [-0.25, -0.2) is 0 Å². The first-order valence-corrected chi connectivity index (χ1v) is 10.7. The molecule has 6 nitrogen and oxygen atoms in total. The van der Waals surface area contributed by atoms with E-state index in [0.29, 0.717) is 38.0 Å². The number of nitrogens with zero attached hydrogens (tertiary/aromatic N) is 1. The molecule has 31 heavy (non-hydrogen) atoms. The molecule has 1 aliphatic rings. The molecule has 0 spiro atoms. The number of ether oxygens (including phenoxy) is 1. The SMILES string of the molecule is CC(C)(C)c1ccc(OCCCC(=O)Nc2ccc(CN3C(=O)CCC3=O)cc2)cc1. The third-order valence-electron chi connectivity index (χ3n) is 5.27. The van der Waals surface area contributed by atoms with E-state index in [1.165, 1.54) is 10.5 Å². The van der Waals surface area contributed by atoms with E-state index in [0.717, 1.165) is 11.3 Å². The van der Waals surface area contributed by atoms with E-state index in [9.17, 15) is 14.4 Å². The minimum absolute atomic E-state index is 0.0793. The second kappa shape index (κ2) is 9.77. The van der Waals surface area contributed by atoms with Gasteiger partial charge in [0.1, 0.15) is 5.75 Å². The second-order valence-corrected chi connectivity index (χ2v) is 8.85. The number of hydrogen-bond acceptors (Lipinski definition) is 4. The first-order valence-electron chi connectivity index (χ1n) is 10.7. The first kappa shape index (κ1) is 22.5. The zero-order chi connectivity index (χ0) is 22.4. The highest BCUT2D eigenvalue weighted by atomic mass is 16.5. The minimum atomic E-state index is -0.130. The van der Waals surface area contributed by atoms with E-state index in [1.54, 1.807) is 12.1 Å². The van der Waals surface area contributed by atoms with Gasteiger partial charge in [0.25, 0.3) is 0 Å². The summed E-state index contributed by atoms with van der Waals surface area (Å²) in [6.07, 6.45) is 1.56. The Hall–Kier alpha value is -3.15. The topological polar surface area (TPSA) is 75.7 Å². The fraction of sp³-hybridized carbons (Fsp3) is 0.400. The number of carbonyl (C=O) groups excluding carboxylic acids is 3. The van der Waals surface area contributed by atoms with Crippen molar-refractivity contribution in [3.63, 3.8) is 0 Å². The number of imide groups is 1. The molecule has 0 radical (unpaired) electrons. The molecule has 3 rings (SSSR count). The number of amides is 3. The zero-order valence-corrected chi connectivity index (χ0v) is 18.4. The number of carbonyl (C=O) groups is 3. The van der Waals surface area contributed by atoms with Crippen molar-refractivity contribution in [2.45, 2.75) is 58.4 Å². The largest absolute Gasteiger partial charge is 0.494 e. The molecule has 0 saturated carbocycles. The van der Waals surface area contributed by atoms with Crippen LogP contribution in [0, 0.1) is 0 Å². The van der Waals surface area contributed by atoms with Gasteiger partial charge in [0.05, 0.1) is 13.2 Å². The van der Waals surface area contributed by atoms with Gasteiger partial charge in [-0.15, -0.1) is 0 Å². The Morgan fingerprint density at radius 1 is 0.968 bits per heavy atom. The molecule has 0 aromatic heterocycles. The second-order valence-electron chi connectivity index (χ2n) is 8.85. The number of hydrogen-bond donors (Lipinski definition) is 1. The Balaban J connectivity index is 1.38. The molecule has 0 bridgehead atoms. The maximum Gasteiger partial charge on any atom is 0.229 e. The molecular formula is C25H30N2O4. The van der Waals surface area contributed by atoms with E-state index in [2.05, 4.69) is 38.2 Å². The normalized spacial score (nSPS) is 14.1. The summed E-state index contributed by atoms with van der Waals surface area (Å²) >= 11 is 0. The standard InChI is InChI=1S/C25H30N2O4/c1-25(2,3)19-8-12-21(13-9-19)31-16-4-5-22(28)26-20-10-6-18(7-11-20)17-27-23(29)14-15-24(27)30/h6-13H,4-5,14-17H2,1-3H3,(H,26,28). The highest BCUT2D eigenvalue weighted by Crippen LogP contribution is 2.24. The average molecular weight is 423 g/mol. The molecule has 1 heterocycles. The summed E-state index contributed by atoms with van der Waals surface area (Å²) in [5, 5.41) is 2.86. The van der Waals surface area contributed by atoms with E-state index in [4.69, 9.17) is 4.74 Å². The highest BCUT2D eigenvalue weighted by Gasteiger charge is 2.28. The summed E-state index contributed by atoms with van der Waals surface area (Å²) in [5.41, 5.74) is 2.90. The van der Waals surface area contributed by atoms with Crippen molar-refractivity contribution in [2.75, 3.05) is 11.9 Å². The Bertz CT molecular complexity index is 911. The number of anilines is 1. The molecular weight excluding hydrogens is 392 g/mol. The average Bonchev–Trinajstić information content (AvgIpc) is 3.04. The maximum absolute atomic E-state index is 12.2. The van der Waals surface area contributed by atoms with Crippen molar-refractivity contribution in [1.29, 1.82) is 0 Å². The molecule has 2 aromatic carbocycles. The van der Waals surface area contributed by atoms with Crippen LogP contribution in [0.15, 0.2) is 48.5 Å². The third kappa shape index (κ3) is 6.41. The van der Waals surface area contributed by atoms with Crippen LogP contribution in [-0.4, -0.2) is 29.2 Å². The van der Waals surface area contributed by atoms with Crippen LogP contribution in [-0.2, 0) is 26.3 Å². The van der Waals surface area contributed by atoms with Crippen molar-refractivity contribution in [2.24, 2.45) is 0 Å². The Morgan fingerprint density at radius 2 is 1.58 bits per heavy atom. The maximum atomic E-state index is 12.2. The van der Waals surface area contributed by atoms with Gasteiger partial charge >= 0.3 is 0 Å². The van der Waals surface area contributed by atoms with Crippen LogP contribution in [0.3, 0.4) is 0 Å². The number of nitrogens with one attached hydrogen (secondary N) is 1. The minimum Gasteiger partial charge on any atom is -0.494 e. The molecule has 1 fully saturated rings. The quantitative estimate of drug-likeness (QED) is 0.504. The van der Waals surface area contributed by atoms with Crippen LogP contribution in [0.1, 0.15) is 57.6 Å². The molecule has 1 saturated heterocycles. The fourth-order valence-corrected chi connectivity index (χ4v) is 3.37. The van der Waals surface area contributed by atoms with Crippen LogP contribution >= 0.6 is 0 Å². The van der Waals surface area contributed by atoms with E-state index in [-0.39, 0.29) is 29.7 Å². The molecule has 3 amide bonds. The molecule has 0 unspecified atom stereocenters. The lowest BCUT2D eigenvalue weighted by Gasteiger charge is -2.19. The van der Waals surface area contributed by atoms with Crippen LogP contribution in [0.25, 0.3) is 0 Å². The van der Waals surface area contributed by atoms with Crippen LogP contribution < -0.4 is 10.1 Å². The molecule has 6 heteroatoms. The molecule has 1 aliphatic heterocycles. The van der Waals surface area contributed by atoms with Crippen LogP contribution in [0.5, 0.6) is 5.75 Å². The van der Waals surface area contributed by atoms with Crippen molar-refractivity contribution in [3.8, 4) is 5.75 Å². The molecule has 1 N–H and O–H groups in total. The summed E-state index contributed by atoms with van der Waals surface area (Å²) < 4.78 is 5.73. The Morgan fingerprint density at radius 3 is 2.16 bits per heavy atom. The summed E-state index contributed by atoms with van der Waals surface area (Å²) in [4.78, 5) is 36.9. The van der Waals surface area contributed by atoms with Crippen molar-refractivity contribution < 1.29 is 19.1 Å². The smallest absolute Gasteiger partial charge is 0.229 e. The van der Waals surface area contributed by atoms with E-state index in [1.807, 2.05) is 24.3 Å². The fourth-order valence-electron chi connectivity index (χ4n) is 3.37. The van der Waals surface area contributed by atoms with Crippen molar-refractivity contribution in [3.05, 3.63) is 59.7 Å². The molecule has 2 aromatic rings. The highest BCUT2D eigenvalue weighted by molar-refractivity contribution is 6.01. The van der Waals surface area contributed by atoms with E-state index < -0.39 is 0 Å². The molecule has 0 atom stereocenters. The van der Waals surface area contributed by atoms with Gasteiger partial charge in [-0.2, -0.15) is 0 Å². The lowest BCUT2D eigenvalue weighted by atomic mass is 9.87. The summed E-state index contributed by atoms with van der Waals surface area (Å²) in [5.74, 6) is 0.466. The van der Waals surface area contributed by atoms with Gasteiger partial charge in [0.15, 0.2) is 0 Å². The van der Waals surface area contributed by atoms with Crippen LogP contribution in [0.4, 0.5) is 5.69 Å². The number of benzene rings is 2. The Kier molecular flexibility index (Phi) is 7.10. The van der Waals surface area contributed by atoms with Gasteiger partial charge in [-0.1, -0.05) is 45.0 Å². The van der Waals surface area contributed by atoms with Gasteiger partial charge in [-0.3, -0.25) is 19.3 Å². The van der Waals surface area contributed by atoms with Gasteiger partial charge in [0, 0.05) is 24.9 Å². The zero-order valence-electron chi connectivity index (χ0n) is 18.4. The monoisotopic (exact) mass is 422 g/mol. The third-order valence-corrected chi connectivity index (χ3v) is 5.27. The predicted molar refractivity (Wildman–Crippen MR) is 120 cm³/mol. The lowest BCUT2D eigenvalue weighted by Crippen LogP contribution is -2.28. The predicted octanol–water partition coefficient (Wildman–Crippen LogP) is 4.43. The number of rotatable bonds is 8. The van der Waals surface area contributed by atoms with Crippen molar-refractivity contribution in [1.82, 2.24) is 4.90 Å². The van der Waals surface area contributed by atoms with Crippen molar-refractivity contribution >= 4 is 23.4 Å². The summed E-state index contributed by atoms with van der Waals surface area (Å²) in [6, 6.07) is 15.3. The van der Waals surface area contributed by atoms with Gasteiger partial charge < -0.3 is 10.1 Å². The van der Waals surface area contributed by atoms with E-state index >= 15 is 0 Å². The van der Waals surface area contributed by atoms with Gasteiger partial charge in [0.2, 0.25) is 17.7 Å². The Labute approximate surface area is 183 Å². The summed E-state index contributed by atoms with van der Waals surface area (Å²) in [6.45, 7) is 7.26. The first-order chi connectivity index (χ1) is 14.7. The van der Waals surface area contributed by atoms with Crippen LogP contribution in [0.2, 0.25) is 0 Å². The molecule has 164 valence electrons. The number of likely N-dealkylation sites (tertiary alicyclic amines) is 1. The molecule has 0 aliphatic carbocycles. The lowest BCUT2D eigenvalue weighted by molar-refractivity contribution is -0.139. The van der Waals surface area contributed by atoms with Gasteiger partial charge in [-0.05, 0) is 47.2 Å².